The van der Waals surface area contributed by atoms with Gasteiger partial charge >= 0.3 is 17.8 Å². The fourth-order valence-corrected chi connectivity index (χ4v) is 1.88. The van der Waals surface area contributed by atoms with Crippen molar-refractivity contribution >= 4 is 33.8 Å². The van der Waals surface area contributed by atoms with Gasteiger partial charge in [-0.3, -0.25) is 19.6 Å². The Kier molecular flexibility index (Phi) is 3.13. The second-order valence-corrected chi connectivity index (χ2v) is 4.48. The third-order valence-corrected chi connectivity index (χ3v) is 2.85. The molecular formula is C12H6F3N5O3. The Hall–Kier alpha value is -3.24. The van der Waals surface area contributed by atoms with Crippen molar-refractivity contribution in [3.8, 4) is 0 Å². The lowest BCUT2D eigenvalue weighted by molar-refractivity contribution is -0.167. The van der Waals surface area contributed by atoms with Gasteiger partial charge in [-0.25, -0.2) is 14.8 Å². The standard InChI is InChI=1S/C12H6F3N5O3/c13-12(14,15)10(22)16-4-1-2-5-6(3-4)18-8-7(17-5)9(21)20-11(23)19-8/h1-3H,(H,16,22)(H2,18,19,20,21,23). The van der Waals surface area contributed by atoms with Crippen LogP contribution >= 0.6 is 0 Å². The van der Waals surface area contributed by atoms with E-state index in [0.717, 1.165) is 6.07 Å². The molecule has 0 atom stereocenters. The molecule has 0 spiro atoms. The molecule has 3 N–H and O–H groups in total. The van der Waals surface area contributed by atoms with Crippen LogP contribution in [0.25, 0.3) is 22.2 Å². The molecule has 0 aliphatic rings. The molecule has 0 radical (unpaired) electrons. The smallest absolute Gasteiger partial charge is 0.318 e. The van der Waals surface area contributed by atoms with Gasteiger partial charge < -0.3 is 5.32 Å². The second-order valence-electron chi connectivity index (χ2n) is 4.48. The molecule has 23 heavy (non-hydrogen) atoms. The van der Waals surface area contributed by atoms with Crippen molar-refractivity contribution in [3.63, 3.8) is 0 Å². The fourth-order valence-electron chi connectivity index (χ4n) is 1.88. The molecule has 0 saturated carbocycles. The minimum Gasteiger partial charge on any atom is -0.318 e. The van der Waals surface area contributed by atoms with Gasteiger partial charge in [0, 0.05) is 5.69 Å². The van der Waals surface area contributed by atoms with E-state index < -0.39 is 23.3 Å². The number of benzene rings is 1. The summed E-state index contributed by atoms with van der Waals surface area (Å²) in [6.07, 6.45) is -5.03. The zero-order chi connectivity index (χ0) is 16.8. The Morgan fingerprint density at radius 2 is 1.83 bits per heavy atom. The fraction of sp³-hybridized carbons (Fsp3) is 0.0833. The summed E-state index contributed by atoms with van der Waals surface area (Å²) in [4.78, 5) is 45.9. The first-order valence-electron chi connectivity index (χ1n) is 6.06. The van der Waals surface area contributed by atoms with Crippen LogP contribution in [0.1, 0.15) is 0 Å². The lowest BCUT2D eigenvalue weighted by Crippen LogP contribution is -2.29. The molecule has 0 aliphatic heterocycles. The first-order chi connectivity index (χ1) is 10.7. The summed E-state index contributed by atoms with van der Waals surface area (Å²) in [7, 11) is 0. The molecule has 1 amide bonds. The van der Waals surface area contributed by atoms with Crippen LogP contribution in [0.3, 0.4) is 0 Å². The molecule has 11 heteroatoms. The van der Waals surface area contributed by atoms with Crippen LogP contribution in [0, 0.1) is 0 Å². The monoisotopic (exact) mass is 325 g/mol. The highest BCUT2D eigenvalue weighted by Gasteiger charge is 2.38. The summed E-state index contributed by atoms with van der Waals surface area (Å²) < 4.78 is 36.7. The van der Waals surface area contributed by atoms with Crippen molar-refractivity contribution in [1.82, 2.24) is 19.9 Å². The molecule has 8 nitrogen and oxygen atoms in total. The lowest BCUT2D eigenvalue weighted by Gasteiger charge is -2.08. The zero-order valence-electron chi connectivity index (χ0n) is 11.0. The number of anilines is 1. The highest BCUT2D eigenvalue weighted by Crippen LogP contribution is 2.21. The van der Waals surface area contributed by atoms with Crippen LogP contribution in [0.2, 0.25) is 0 Å². The number of halogens is 3. The summed E-state index contributed by atoms with van der Waals surface area (Å²) in [5, 5.41) is 1.67. The van der Waals surface area contributed by atoms with E-state index in [4.69, 9.17) is 0 Å². The van der Waals surface area contributed by atoms with Gasteiger partial charge in [-0.15, -0.1) is 0 Å². The number of carbonyl (C=O) groups is 1. The molecule has 0 bridgehead atoms. The summed E-state index contributed by atoms with van der Waals surface area (Å²) >= 11 is 0. The third kappa shape index (κ3) is 2.75. The Labute approximate surface area is 123 Å². The summed E-state index contributed by atoms with van der Waals surface area (Å²) in [6, 6.07) is 3.62. The van der Waals surface area contributed by atoms with Crippen molar-refractivity contribution in [1.29, 1.82) is 0 Å². The van der Waals surface area contributed by atoms with Crippen LogP contribution in [0.5, 0.6) is 0 Å². The minimum absolute atomic E-state index is 0.0960. The van der Waals surface area contributed by atoms with Crippen LogP contribution in [0.4, 0.5) is 18.9 Å². The Balaban J connectivity index is 2.13. The molecule has 0 saturated heterocycles. The van der Waals surface area contributed by atoms with Crippen LogP contribution < -0.4 is 16.6 Å². The number of alkyl halides is 3. The number of H-pyrrole nitrogens is 2. The van der Waals surface area contributed by atoms with E-state index in [-0.39, 0.29) is 27.9 Å². The van der Waals surface area contributed by atoms with Crippen molar-refractivity contribution in [3.05, 3.63) is 39.0 Å². The maximum atomic E-state index is 12.2. The van der Waals surface area contributed by atoms with Crippen LogP contribution in [0.15, 0.2) is 27.8 Å². The van der Waals surface area contributed by atoms with Crippen LogP contribution in [-0.2, 0) is 4.79 Å². The Bertz CT molecular complexity index is 1050. The van der Waals surface area contributed by atoms with Gasteiger partial charge in [0.2, 0.25) is 0 Å². The molecule has 2 aromatic heterocycles. The SMILES string of the molecule is O=C(Nc1ccc2nc3c(=O)[nH]c(=O)[nH]c3nc2c1)C(F)(F)F. The quantitative estimate of drug-likeness (QED) is 0.568. The number of rotatable bonds is 1. The Morgan fingerprint density at radius 3 is 2.52 bits per heavy atom. The van der Waals surface area contributed by atoms with E-state index in [9.17, 15) is 27.6 Å². The number of nitrogens with zero attached hydrogens (tertiary/aromatic N) is 2. The van der Waals surface area contributed by atoms with E-state index in [1.807, 2.05) is 4.98 Å². The van der Waals surface area contributed by atoms with Crippen molar-refractivity contribution in [2.45, 2.75) is 6.18 Å². The molecule has 1 aromatic carbocycles. The average molecular weight is 325 g/mol. The normalized spacial score (nSPS) is 11.8. The zero-order valence-corrected chi connectivity index (χ0v) is 11.0. The van der Waals surface area contributed by atoms with Crippen molar-refractivity contribution < 1.29 is 18.0 Å². The van der Waals surface area contributed by atoms with E-state index in [1.165, 1.54) is 12.1 Å². The van der Waals surface area contributed by atoms with E-state index >= 15 is 0 Å². The molecule has 0 unspecified atom stereocenters. The van der Waals surface area contributed by atoms with E-state index in [2.05, 4.69) is 15.0 Å². The number of carbonyl (C=O) groups excluding carboxylic acids is 1. The third-order valence-electron chi connectivity index (χ3n) is 2.85. The average Bonchev–Trinajstić information content (AvgIpc) is 2.44. The molecule has 0 fully saturated rings. The minimum atomic E-state index is -5.03. The lowest BCUT2D eigenvalue weighted by atomic mass is 10.2. The summed E-state index contributed by atoms with van der Waals surface area (Å²) in [5.74, 6) is -2.13. The first kappa shape index (κ1) is 14.7. The number of aromatic amines is 2. The molecule has 3 aromatic rings. The highest BCUT2D eigenvalue weighted by molar-refractivity contribution is 5.97. The topological polar surface area (TPSA) is 121 Å². The van der Waals surface area contributed by atoms with Gasteiger partial charge in [-0.2, -0.15) is 13.2 Å². The van der Waals surface area contributed by atoms with Gasteiger partial charge in [0.15, 0.2) is 11.2 Å². The predicted octanol–water partition coefficient (Wildman–Crippen LogP) is 0.660. The van der Waals surface area contributed by atoms with E-state index in [1.54, 1.807) is 5.32 Å². The first-order valence-corrected chi connectivity index (χ1v) is 6.06. The van der Waals surface area contributed by atoms with Gasteiger partial charge in [0.05, 0.1) is 11.0 Å². The molecular weight excluding hydrogens is 319 g/mol. The summed E-state index contributed by atoms with van der Waals surface area (Å²) in [5.41, 5.74) is -1.63. The van der Waals surface area contributed by atoms with Crippen molar-refractivity contribution in [2.24, 2.45) is 0 Å². The largest absolute Gasteiger partial charge is 0.471 e. The maximum Gasteiger partial charge on any atom is 0.471 e. The molecule has 3 rings (SSSR count). The van der Waals surface area contributed by atoms with Gasteiger partial charge in [0.1, 0.15) is 0 Å². The second kappa shape index (κ2) is 4.90. The van der Waals surface area contributed by atoms with Gasteiger partial charge in [-0.1, -0.05) is 0 Å². The van der Waals surface area contributed by atoms with Gasteiger partial charge in [0.25, 0.3) is 5.56 Å². The number of aromatic nitrogens is 4. The van der Waals surface area contributed by atoms with Gasteiger partial charge in [-0.05, 0) is 18.2 Å². The predicted molar refractivity (Wildman–Crippen MR) is 73.0 cm³/mol. The van der Waals surface area contributed by atoms with Crippen LogP contribution in [-0.4, -0.2) is 32.0 Å². The molecule has 0 aliphatic carbocycles. The number of amides is 1. The highest BCUT2D eigenvalue weighted by atomic mass is 19.4. The number of hydrogen-bond acceptors (Lipinski definition) is 5. The van der Waals surface area contributed by atoms with Crippen molar-refractivity contribution in [2.75, 3.05) is 5.32 Å². The van der Waals surface area contributed by atoms with E-state index in [0.29, 0.717) is 0 Å². The number of hydrogen-bond donors (Lipinski definition) is 3. The Morgan fingerprint density at radius 1 is 1.09 bits per heavy atom. The molecule has 2 heterocycles. The summed E-state index contributed by atoms with van der Waals surface area (Å²) in [6.45, 7) is 0. The number of nitrogens with one attached hydrogen (secondary N) is 3. The number of fused-ring (bicyclic) bond motifs is 2. The molecule has 118 valence electrons. The maximum absolute atomic E-state index is 12.2.